The van der Waals surface area contributed by atoms with Gasteiger partial charge in [-0.15, -0.1) is 0 Å². The number of para-hydroxylation sites is 4. The van der Waals surface area contributed by atoms with Crippen LogP contribution < -0.4 is 38.2 Å². The summed E-state index contributed by atoms with van der Waals surface area (Å²) in [5.41, 5.74) is 3.12. The third-order valence-corrected chi connectivity index (χ3v) is 4.38. The molecule has 0 amide bonds. The second-order valence-electron chi connectivity index (χ2n) is 5.83. The number of aryl methyl sites for hydroxylation is 1. The van der Waals surface area contributed by atoms with Gasteiger partial charge in [-0.25, -0.2) is 0 Å². The van der Waals surface area contributed by atoms with Crippen LogP contribution in [0, 0.1) is 0 Å². The highest BCUT2D eigenvalue weighted by molar-refractivity contribution is 5.70. The van der Waals surface area contributed by atoms with Crippen LogP contribution in [0.4, 0.5) is 5.69 Å². The fourth-order valence-corrected chi connectivity index (χ4v) is 3.22. The number of fused-ring (bicyclic) bond motifs is 2. The zero-order chi connectivity index (χ0) is 17.2. The Hall–Kier alpha value is -2.28. The van der Waals surface area contributed by atoms with Gasteiger partial charge >= 0.3 is 5.89 Å². The zero-order valence-corrected chi connectivity index (χ0v) is 17.0. The Labute approximate surface area is 170 Å². The van der Waals surface area contributed by atoms with Crippen molar-refractivity contribution in [2.24, 2.45) is 0 Å². The number of halogens is 1. The molecule has 0 unspecified atom stereocenters. The Kier molecular flexibility index (Phi) is 5.66. The first kappa shape index (κ1) is 18.5. The van der Waals surface area contributed by atoms with Gasteiger partial charge in [-0.2, -0.15) is 4.57 Å². The Morgan fingerprint density at radius 3 is 2.62 bits per heavy atom. The van der Waals surface area contributed by atoms with Gasteiger partial charge in [0.25, 0.3) is 5.52 Å². The number of rotatable bonds is 4. The van der Waals surface area contributed by atoms with Crippen molar-refractivity contribution in [1.29, 1.82) is 0 Å². The SMILES string of the molecule is CCN1/C(=C/C=C/c2oc3ccccc3[n+]2CC)Oc2ccccc21.[I-]. The van der Waals surface area contributed by atoms with E-state index in [9.17, 15) is 0 Å². The van der Waals surface area contributed by atoms with Crippen molar-refractivity contribution in [3.63, 3.8) is 0 Å². The number of benzene rings is 2. The summed E-state index contributed by atoms with van der Waals surface area (Å²) in [5, 5.41) is 0. The van der Waals surface area contributed by atoms with Crippen molar-refractivity contribution in [3.8, 4) is 5.75 Å². The number of nitrogens with zero attached hydrogens (tertiary/aromatic N) is 2. The molecule has 2 aromatic carbocycles. The van der Waals surface area contributed by atoms with Crippen molar-refractivity contribution >= 4 is 22.9 Å². The van der Waals surface area contributed by atoms with Crippen molar-refractivity contribution < 1.29 is 37.7 Å². The highest BCUT2D eigenvalue weighted by atomic mass is 127. The number of hydrogen-bond donors (Lipinski definition) is 0. The summed E-state index contributed by atoms with van der Waals surface area (Å²) in [4.78, 5) is 2.16. The van der Waals surface area contributed by atoms with Crippen LogP contribution in [0.5, 0.6) is 5.75 Å². The van der Waals surface area contributed by atoms with E-state index in [1.807, 2.05) is 54.6 Å². The molecule has 3 aromatic rings. The van der Waals surface area contributed by atoms with Crippen molar-refractivity contribution in [2.45, 2.75) is 20.4 Å². The Morgan fingerprint density at radius 2 is 1.81 bits per heavy atom. The van der Waals surface area contributed by atoms with E-state index in [4.69, 9.17) is 9.15 Å². The monoisotopic (exact) mass is 460 g/mol. The van der Waals surface area contributed by atoms with Gasteiger partial charge in [-0.3, -0.25) is 0 Å². The van der Waals surface area contributed by atoms with E-state index < -0.39 is 0 Å². The molecule has 1 aliphatic rings. The van der Waals surface area contributed by atoms with Gasteiger partial charge in [0.1, 0.15) is 6.54 Å². The number of hydrogen-bond acceptors (Lipinski definition) is 3. The van der Waals surface area contributed by atoms with Gasteiger partial charge < -0.3 is 38.0 Å². The van der Waals surface area contributed by atoms with Crippen molar-refractivity contribution in [2.75, 3.05) is 11.4 Å². The number of anilines is 1. The van der Waals surface area contributed by atoms with Crippen LogP contribution in [0.25, 0.3) is 17.2 Å². The molecule has 0 aliphatic carbocycles. The lowest BCUT2D eigenvalue weighted by atomic mass is 10.3. The molecule has 1 aliphatic heterocycles. The molecule has 0 saturated carbocycles. The molecule has 134 valence electrons. The lowest BCUT2D eigenvalue weighted by molar-refractivity contribution is -0.674. The molecule has 0 bridgehead atoms. The molecule has 26 heavy (non-hydrogen) atoms. The van der Waals surface area contributed by atoms with Crippen LogP contribution in [-0.4, -0.2) is 6.54 Å². The molecule has 0 saturated heterocycles. The standard InChI is InChI=1S/C21H21N2O2.HI/c1-3-22-16-10-5-7-12-18(16)24-20(22)14-9-15-21-23(4-2)17-11-6-8-13-19(17)25-21;/h5-15H,3-4H2,1-2H3;1H/q+1;/p-1. The predicted octanol–water partition coefficient (Wildman–Crippen LogP) is 1.52. The van der Waals surface area contributed by atoms with E-state index in [0.29, 0.717) is 0 Å². The summed E-state index contributed by atoms with van der Waals surface area (Å²) in [6.07, 6.45) is 5.95. The van der Waals surface area contributed by atoms with Crippen LogP contribution >= 0.6 is 0 Å². The fraction of sp³-hybridized carbons (Fsp3) is 0.190. The zero-order valence-electron chi connectivity index (χ0n) is 14.9. The largest absolute Gasteiger partial charge is 1.00 e. The number of aromatic nitrogens is 1. The second-order valence-corrected chi connectivity index (χ2v) is 5.83. The highest BCUT2D eigenvalue weighted by Crippen LogP contribution is 2.38. The summed E-state index contributed by atoms with van der Waals surface area (Å²) >= 11 is 0. The third-order valence-electron chi connectivity index (χ3n) is 4.38. The van der Waals surface area contributed by atoms with Gasteiger partial charge in [-0.1, -0.05) is 24.3 Å². The molecule has 1 aromatic heterocycles. The maximum Gasteiger partial charge on any atom is 0.374 e. The van der Waals surface area contributed by atoms with Crippen LogP contribution in [-0.2, 0) is 6.54 Å². The lowest BCUT2D eigenvalue weighted by Gasteiger charge is -2.14. The first-order chi connectivity index (χ1) is 12.3. The first-order valence-electron chi connectivity index (χ1n) is 8.66. The molecule has 4 rings (SSSR count). The Morgan fingerprint density at radius 1 is 1.04 bits per heavy atom. The summed E-state index contributed by atoms with van der Waals surface area (Å²) in [7, 11) is 0. The molecule has 0 spiro atoms. The Balaban J connectivity index is 0.00000196. The minimum Gasteiger partial charge on any atom is -1.00 e. The maximum atomic E-state index is 5.96. The molecule has 0 fully saturated rings. The second kappa shape index (κ2) is 7.95. The molecule has 0 radical (unpaired) electrons. The Bertz CT molecular complexity index is 975. The summed E-state index contributed by atoms with van der Waals surface area (Å²) in [6.45, 7) is 5.95. The van der Waals surface area contributed by atoms with Crippen LogP contribution in [0.3, 0.4) is 0 Å². The van der Waals surface area contributed by atoms with Crippen molar-refractivity contribution in [3.05, 3.63) is 72.5 Å². The van der Waals surface area contributed by atoms with Crippen LogP contribution in [0.2, 0.25) is 0 Å². The van der Waals surface area contributed by atoms with E-state index in [-0.39, 0.29) is 24.0 Å². The third kappa shape index (κ3) is 3.23. The van der Waals surface area contributed by atoms with Gasteiger partial charge in [0, 0.05) is 12.6 Å². The highest BCUT2D eigenvalue weighted by Gasteiger charge is 2.24. The van der Waals surface area contributed by atoms with E-state index in [1.165, 1.54) is 0 Å². The predicted molar refractivity (Wildman–Crippen MR) is 99.3 cm³/mol. The number of allylic oxidation sites excluding steroid dienone is 2. The molecule has 0 N–H and O–H groups in total. The summed E-state index contributed by atoms with van der Waals surface area (Å²) in [6, 6.07) is 16.2. The van der Waals surface area contributed by atoms with Gasteiger partial charge in [-0.05, 0) is 44.2 Å². The maximum absolute atomic E-state index is 5.96. The average Bonchev–Trinajstić information content (AvgIpc) is 3.18. The molecule has 5 heteroatoms. The minimum absolute atomic E-state index is 0. The van der Waals surface area contributed by atoms with Gasteiger partial charge in [0.15, 0.2) is 5.75 Å². The molecule has 2 heterocycles. The molecular weight excluding hydrogens is 439 g/mol. The molecular formula is C21H21IN2O2. The molecule has 0 atom stereocenters. The summed E-state index contributed by atoms with van der Waals surface area (Å²) in [5.74, 6) is 2.56. The van der Waals surface area contributed by atoms with E-state index >= 15 is 0 Å². The number of oxazole rings is 1. The molecule has 4 nitrogen and oxygen atoms in total. The fourth-order valence-electron chi connectivity index (χ4n) is 3.22. The normalized spacial score (nSPS) is 14.7. The van der Waals surface area contributed by atoms with E-state index in [1.54, 1.807) is 0 Å². The minimum atomic E-state index is 0. The average molecular weight is 460 g/mol. The quantitative estimate of drug-likeness (QED) is 0.437. The van der Waals surface area contributed by atoms with Gasteiger partial charge in [0.05, 0.1) is 11.8 Å². The smallest absolute Gasteiger partial charge is 0.374 e. The number of ether oxygens (including phenoxy) is 1. The van der Waals surface area contributed by atoms with Gasteiger partial charge in [0.2, 0.25) is 11.5 Å². The topological polar surface area (TPSA) is 29.5 Å². The van der Waals surface area contributed by atoms with E-state index in [0.717, 1.165) is 47.4 Å². The van der Waals surface area contributed by atoms with Crippen LogP contribution in [0.15, 0.2) is 71.0 Å². The lowest BCUT2D eigenvalue weighted by Crippen LogP contribution is -3.00. The van der Waals surface area contributed by atoms with E-state index in [2.05, 4.69) is 35.4 Å². The first-order valence-corrected chi connectivity index (χ1v) is 8.66. The van der Waals surface area contributed by atoms with Crippen molar-refractivity contribution in [1.82, 2.24) is 0 Å². The summed E-state index contributed by atoms with van der Waals surface area (Å²) < 4.78 is 14.1. The van der Waals surface area contributed by atoms with Crippen LogP contribution in [0.1, 0.15) is 19.7 Å².